The molecular formula is C9H12N2. The number of aromatic nitrogens is 1. The zero-order chi connectivity index (χ0) is 8.43. The standard InChI is InChI=1S/C9H12N2/c1-6-4-5-9(7(2)10)11-8(6)3/h4-5,10H,1-3H3. The molecule has 0 saturated heterocycles. The summed E-state index contributed by atoms with van der Waals surface area (Å²) in [6.07, 6.45) is 0. The molecule has 0 radical (unpaired) electrons. The molecule has 0 spiro atoms. The minimum Gasteiger partial charge on any atom is -0.303 e. The summed E-state index contributed by atoms with van der Waals surface area (Å²) < 4.78 is 0. The molecule has 1 aromatic rings. The van der Waals surface area contributed by atoms with E-state index in [1.54, 1.807) is 6.92 Å². The maximum absolute atomic E-state index is 7.34. The molecule has 0 amide bonds. The van der Waals surface area contributed by atoms with Crippen molar-refractivity contribution in [3.05, 3.63) is 29.1 Å². The second kappa shape index (κ2) is 2.82. The Morgan fingerprint density at radius 3 is 2.45 bits per heavy atom. The third-order valence-electron chi connectivity index (χ3n) is 1.73. The van der Waals surface area contributed by atoms with Crippen LogP contribution in [0.5, 0.6) is 0 Å². The van der Waals surface area contributed by atoms with E-state index in [2.05, 4.69) is 4.98 Å². The molecule has 58 valence electrons. The number of nitrogens with zero attached hydrogens (tertiary/aromatic N) is 1. The molecule has 0 aliphatic heterocycles. The van der Waals surface area contributed by atoms with Crippen LogP contribution in [0.25, 0.3) is 0 Å². The SMILES string of the molecule is CC(=N)c1ccc(C)c(C)n1. The van der Waals surface area contributed by atoms with E-state index < -0.39 is 0 Å². The minimum atomic E-state index is 0.521. The average molecular weight is 148 g/mol. The molecule has 1 rings (SSSR count). The van der Waals surface area contributed by atoms with Gasteiger partial charge in [-0.3, -0.25) is 4.98 Å². The second-order valence-electron chi connectivity index (χ2n) is 2.72. The summed E-state index contributed by atoms with van der Waals surface area (Å²) in [7, 11) is 0. The lowest BCUT2D eigenvalue weighted by atomic mass is 10.2. The number of hydrogen-bond donors (Lipinski definition) is 1. The van der Waals surface area contributed by atoms with Crippen molar-refractivity contribution >= 4 is 5.71 Å². The van der Waals surface area contributed by atoms with Crippen LogP contribution < -0.4 is 0 Å². The van der Waals surface area contributed by atoms with Gasteiger partial charge in [-0.25, -0.2) is 0 Å². The molecule has 0 saturated carbocycles. The lowest BCUT2D eigenvalue weighted by molar-refractivity contribution is 1.13. The maximum Gasteiger partial charge on any atom is 0.0837 e. The third kappa shape index (κ3) is 1.64. The van der Waals surface area contributed by atoms with Gasteiger partial charge < -0.3 is 5.41 Å². The highest BCUT2D eigenvalue weighted by Gasteiger charge is 1.98. The lowest BCUT2D eigenvalue weighted by Gasteiger charge is -2.01. The Hall–Kier alpha value is -1.18. The van der Waals surface area contributed by atoms with Crippen LogP contribution >= 0.6 is 0 Å². The predicted molar refractivity (Wildman–Crippen MR) is 46.2 cm³/mol. The first-order chi connectivity index (χ1) is 5.11. The first-order valence-corrected chi connectivity index (χ1v) is 3.61. The molecule has 0 aliphatic carbocycles. The van der Waals surface area contributed by atoms with Crippen LogP contribution in [0.3, 0.4) is 0 Å². The van der Waals surface area contributed by atoms with Crippen LogP contribution in [0, 0.1) is 19.3 Å². The summed E-state index contributed by atoms with van der Waals surface area (Å²) in [6, 6.07) is 3.88. The highest BCUT2D eigenvalue weighted by atomic mass is 14.7. The molecule has 1 N–H and O–H groups in total. The fourth-order valence-corrected chi connectivity index (χ4v) is 0.840. The van der Waals surface area contributed by atoms with E-state index in [-0.39, 0.29) is 0 Å². The maximum atomic E-state index is 7.34. The van der Waals surface area contributed by atoms with Crippen LogP contribution in [-0.2, 0) is 0 Å². The molecule has 11 heavy (non-hydrogen) atoms. The highest BCUT2D eigenvalue weighted by Crippen LogP contribution is 2.04. The van der Waals surface area contributed by atoms with Crippen molar-refractivity contribution in [2.75, 3.05) is 0 Å². The fraction of sp³-hybridized carbons (Fsp3) is 0.333. The van der Waals surface area contributed by atoms with Gasteiger partial charge in [-0.05, 0) is 32.4 Å². The molecule has 1 heterocycles. The second-order valence-corrected chi connectivity index (χ2v) is 2.72. The third-order valence-corrected chi connectivity index (χ3v) is 1.73. The summed E-state index contributed by atoms with van der Waals surface area (Å²) in [5, 5.41) is 7.34. The largest absolute Gasteiger partial charge is 0.303 e. The van der Waals surface area contributed by atoms with Crippen molar-refractivity contribution in [2.45, 2.75) is 20.8 Å². The molecule has 0 aliphatic rings. The monoisotopic (exact) mass is 148 g/mol. The van der Waals surface area contributed by atoms with Crippen molar-refractivity contribution < 1.29 is 0 Å². The Kier molecular flexibility index (Phi) is 2.03. The van der Waals surface area contributed by atoms with Crippen molar-refractivity contribution in [3.8, 4) is 0 Å². The molecular weight excluding hydrogens is 136 g/mol. The van der Waals surface area contributed by atoms with Gasteiger partial charge in [0.2, 0.25) is 0 Å². The van der Waals surface area contributed by atoms with Gasteiger partial charge in [0.05, 0.1) is 11.4 Å². The number of nitrogens with one attached hydrogen (secondary N) is 1. The summed E-state index contributed by atoms with van der Waals surface area (Å²) in [6.45, 7) is 5.73. The van der Waals surface area contributed by atoms with Crippen molar-refractivity contribution in [3.63, 3.8) is 0 Å². The van der Waals surface area contributed by atoms with Crippen molar-refractivity contribution in [1.29, 1.82) is 5.41 Å². The van der Waals surface area contributed by atoms with Crippen molar-refractivity contribution in [2.24, 2.45) is 0 Å². The highest BCUT2D eigenvalue weighted by molar-refractivity contribution is 5.94. The van der Waals surface area contributed by atoms with Gasteiger partial charge in [-0.2, -0.15) is 0 Å². The zero-order valence-corrected chi connectivity index (χ0v) is 7.10. The van der Waals surface area contributed by atoms with Gasteiger partial charge in [0, 0.05) is 5.69 Å². The number of pyridine rings is 1. The molecule has 0 fully saturated rings. The molecule has 1 aromatic heterocycles. The van der Waals surface area contributed by atoms with Crippen LogP contribution in [0.4, 0.5) is 0 Å². The lowest BCUT2D eigenvalue weighted by Crippen LogP contribution is -1.98. The number of hydrogen-bond acceptors (Lipinski definition) is 2. The fourth-order valence-electron chi connectivity index (χ4n) is 0.840. The Morgan fingerprint density at radius 1 is 1.36 bits per heavy atom. The topological polar surface area (TPSA) is 36.7 Å². The van der Waals surface area contributed by atoms with Gasteiger partial charge in [0.1, 0.15) is 0 Å². The van der Waals surface area contributed by atoms with Crippen LogP contribution in [0.2, 0.25) is 0 Å². The van der Waals surface area contributed by atoms with Gasteiger partial charge in [-0.1, -0.05) is 6.07 Å². The van der Waals surface area contributed by atoms with E-state index in [0.717, 1.165) is 11.4 Å². The Labute approximate surface area is 66.8 Å². The molecule has 0 atom stereocenters. The first-order valence-electron chi connectivity index (χ1n) is 3.61. The van der Waals surface area contributed by atoms with E-state index >= 15 is 0 Å². The van der Waals surface area contributed by atoms with E-state index in [9.17, 15) is 0 Å². The van der Waals surface area contributed by atoms with Crippen LogP contribution in [0.1, 0.15) is 23.9 Å². The van der Waals surface area contributed by atoms with Crippen molar-refractivity contribution in [1.82, 2.24) is 4.98 Å². The summed E-state index contributed by atoms with van der Waals surface area (Å²) in [5.41, 5.74) is 3.48. The molecule has 2 nitrogen and oxygen atoms in total. The Balaban J connectivity index is 3.15. The van der Waals surface area contributed by atoms with Crippen LogP contribution in [0.15, 0.2) is 12.1 Å². The van der Waals surface area contributed by atoms with E-state index in [0.29, 0.717) is 5.71 Å². The van der Waals surface area contributed by atoms with E-state index in [1.165, 1.54) is 5.56 Å². The Morgan fingerprint density at radius 2 is 2.00 bits per heavy atom. The quantitative estimate of drug-likeness (QED) is 0.608. The summed E-state index contributed by atoms with van der Waals surface area (Å²) in [4.78, 5) is 4.25. The molecule has 0 unspecified atom stereocenters. The Bertz CT molecular complexity index is 290. The summed E-state index contributed by atoms with van der Waals surface area (Å²) >= 11 is 0. The molecule has 0 bridgehead atoms. The molecule has 0 aromatic carbocycles. The summed E-state index contributed by atoms with van der Waals surface area (Å²) in [5.74, 6) is 0. The van der Waals surface area contributed by atoms with Gasteiger partial charge in [-0.15, -0.1) is 0 Å². The van der Waals surface area contributed by atoms with Gasteiger partial charge in [0.25, 0.3) is 0 Å². The van der Waals surface area contributed by atoms with Gasteiger partial charge in [0.15, 0.2) is 0 Å². The normalized spacial score (nSPS) is 9.73. The number of rotatable bonds is 1. The van der Waals surface area contributed by atoms with Crippen LogP contribution in [-0.4, -0.2) is 10.7 Å². The number of aryl methyl sites for hydroxylation is 2. The first kappa shape index (κ1) is 7.92. The molecule has 2 heteroatoms. The smallest absolute Gasteiger partial charge is 0.0837 e. The minimum absolute atomic E-state index is 0.521. The van der Waals surface area contributed by atoms with Gasteiger partial charge >= 0.3 is 0 Å². The van der Waals surface area contributed by atoms with E-state index in [4.69, 9.17) is 5.41 Å². The average Bonchev–Trinajstić information content (AvgIpc) is 1.94. The zero-order valence-electron chi connectivity index (χ0n) is 7.10. The predicted octanol–water partition coefficient (Wildman–Crippen LogP) is 2.09. The van der Waals surface area contributed by atoms with E-state index in [1.807, 2.05) is 26.0 Å².